The van der Waals surface area contributed by atoms with Gasteiger partial charge in [0.15, 0.2) is 11.5 Å². The zero-order valence-corrected chi connectivity index (χ0v) is 16.9. The number of benzene rings is 2. The fourth-order valence-electron chi connectivity index (χ4n) is 3.02. The first-order valence-electron chi connectivity index (χ1n) is 9.93. The Morgan fingerprint density at radius 2 is 1.76 bits per heavy atom. The summed E-state index contributed by atoms with van der Waals surface area (Å²) in [6.45, 7) is 5.63. The predicted molar refractivity (Wildman–Crippen MR) is 113 cm³/mol. The van der Waals surface area contributed by atoms with E-state index in [-0.39, 0.29) is 5.91 Å². The van der Waals surface area contributed by atoms with Crippen LogP contribution in [-0.2, 0) is 17.6 Å². The summed E-state index contributed by atoms with van der Waals surface area (Å²) < 4.78 is 13.0. The molecule has 0 radical (unpaired) electrons. The Balaban J connectivity index is 1.50. The maximum Gasteiger partial charge on any atom is 0.224 e. The van der Waals surface area contributed by atoms with Gasteiger partial charge in [-0.1, -0.05) is 24.3 Å². The number of ether oxygens (including phenoxy) is 2. The van der Waals surface area contributed by atoms with Crippen molar-refractivity contribution < 1.29 is 14.3 Å². The summed E-state index contributed by atoms with van der Waals surface area (Å²) in [4.78, 5) is 12.3. The molecule has 1 amide bonds. The first kappa shape index (κ1) is 20.5. The number of hydrogen-bond acceptors (Lipinski definition) is 4. The molecule has 6 heteroatoms. The number of nitrogens with one attached hydrogen (secondary N) is 1. The lowest BCUT2D eigenvalue weighted by atomic mass is 10.1. The molecule has 0 saturated heterocycles. The van der Waals surface area contributed by atoms with Crippen LogP contribution in [0.5, 0.6) is 11.5 Å². The fraction of sp³-hybridized carbons (Fsp3) is 0.304. The van der Waals surface area contributed by atoms with Crippen LogP contribution in [0.1, 0.15) is 25.0 Å². The second-order valence-electron chi connectivity index (χ2n) is 6.55. The van der Waals surface area contributed by atoms with E-state index in [4.69, 9.17) is 9.47 Å². The number of hydrogen-bond donors (Lipinski definition) is 1. The van der Waals surface area contributed by atoms with Gasteiger partial charge in [0.2, 0.25) is 5.91 Å². The Bertz CT molecular complexity index is 922. The Labute approximate surface area is 171 Å². The van der Waals surface area contributed by atoms with Crippen LogP contribution >= 0.6 is 0 Å². The molecule has 2 aromatic carbocycles. The van der Waals surface area contributed by atoms with Crippen molar-refractivity contribution in [2.45, 2.75) is 26.7 Å². The summed E-state index contributed by atoms with van der Waals surface area (Å²) in [6, 6.07) is 15.7. The summed E-state index contributed by atoms with van der Waals surface area (Å²) in [5.41, 5.74) is 2.94. The molecule has 1 aromatic heterocycles. The highest BCUT2D eigenvalue weighted by Crippen LogP contribution is 2.28. The molecule has 0 fully saturated rings. The summed E-state index contributed by atoms with van der Waals surface area (Å²) in [7, 11) is 0. The average molecular weight is 393 g/mol. The molecule has 1 N–H and O–H groups in total. The van der Waals surface area contributed by atoms with Gasteiger partial charge in [-0.05, 0) is 55.7 Å². The molecule has 0 spiro atoms. The van der Waals surface area contributed by atoms with Gasteiger partial charge in [0.1, 0.15) is 0 Å². The molecular formula is C23H27N3O3. The highest BCUT2D eigenvalue weighted by Gasteiger charge is 2.09. The first-order chi connectivity index (χ1) is 14.2. The monoisotopic (exact) mass is 393 g/mol. The smallest absolute Gasteiger partial charge is 0.224 e. The Morgan fingerprint density at radius 3 is 2.52 bits per heavy atom. The van der Waals surface area contributed by atoms with Crippen molar-refractivity contribution in [3.05, 3.63) is 72.1 Å². The zero-order chi connectivity index (χ0) is 20.5. The molecule has 0 bridgehead atoms. The minimum Gasteiger partial charge on any atom is -0.490 e. The van der Waals surface area contributed by atoms with Gasteiger partial charge in [0.25, 0.3) is 0 Å². The van der Waals surface area contributed by atoms with E-state index in [9.17, 15) is 4.79 Å². The third-order valence-corrected chi connectivity index (χ3v) is 4.37. The standard InChI is InChI=1S/C23H27N3O3/c1-3-28-21-11-10-18(14-22(21)29-4-2)12-13-24-23(27)15-19-16-25-26(17-19)20-8-6-5-7-9-20/h5-11,14,16-17H,3-4,12-13,15H2,1-2H3,(H,24,27). The van der Waals surface area contributed by atoms with E-state index >= 15 is 0 Å². The van der Waals surface area contributed by atoms with E-state index in [0.717, 1.165) is 34.7 Å². The normalized spacial score (nSPS) is 10.6. The minimum absolute atomic E-state index is 0.0198. The van der Waals surface area contributed by atoms with Crippen molar-refractivity contribution in [2.24, 2.45) is 0 Å². The van der Waals surface area contributed by atoms with Gasteiger partial charge >= 0.3 is 0 Å². The molecule has 0 saturated carbocycles. The first-order valence-corrected chi connectivity index (χ1v) is 9.93. The van der Waals surface area contributed by atoms with Crippen LogP contribution in [0.2, 0.25) is 0 Å². The maximum atomic E-state index is 12.3. The molecule has 3 rings (SSSR count). The lowest BCUT2D eigenvalue weighted by Gasteiger charge is -2.12. The van der Waals surface area contributed by atoms with Crippen molar-refractivity contribution >= 4 is 5.91 Å². The lowest BCUT2D eigenvalue weighted by molar-refractivity contribution is -0.120. The van der Waals surface area contributed by atoms with Gasteiger partial charge in [-0.25, -0.2) is 4.68 Å². The van der Waals surface area contributed by atoms with Crippen LogP contribution in [0, 0.1) is 0 Å². The van der Waals surface area contributed by atoms with Crippen LogP contribution in [0.4, 0.5) is 0 Å². The highest BCUT2D eigenvalue weighted by atomic mass is 16.5. The summed E-state index contributed by atoms with van der Waals surface area (Å²) in [6.07, 6.45) is 4.64. The molecule has 0 aliphatic heterocycles. The number of amides is 1. The summed E-state index contributed by atoms with van der Waals surface area (Å²) >= 11 is 0. The summed E-state index contributed by atoms with van der Waals surface area (Å²) in [5.74, 6) is 1.47. The van der Waals surface area contributed by atoms with Crippen LogP contribution in [0.25, 0.3) is 5.69 Å². The topological polar surface area (TPSA) is 65.4 Å². The third-order valence-electron chi connectivity index (χ3n) is 4.37. The Kier molecular flexibility index (Phi) is 7.28. The van der Waals surface area contributed by atoms with Crippen LogP contribution in [0.3, 0.4) is 0 Å². The van der Waals surface area contributed by atoms with Crippen LogP contribution < -0.4 is 14.8 Å². The largest absolute Gasteiger partial charge is 0.490 e. The zero-order valence-electron chi connectivity index (χ0n) is 16.9. The van der Waals surface area contributed by atoms with E-state index in [0.29, 0.717) is 26.2 Å². The fourth-order valence-corrected chi connectivity index (χ4v) is 3.02. The molecule has 152 valence electrons. The third kappa shape index (κ3) is 5.85. The van der Waals surface area contributed by atoms with Crippen molar-refractivity contribution in [1.82, 2.24) is 15.1 Å². The molecular weight excluding hydrogens is 366 g/mol. The number of nitrogens with zero attached hydrogens (tertiary/aromatic N) is 2. The summed E-state index contributed by atoms with van der Waals surface area (Å²) in [5, 5.41) is 7.30. The minimum atomic E-state index is -0.0198. The average Bonchev–Trinajstić information content (AvgIpc) is 3.19. The molecule has 6 nitrogen and oxygen atoms in total. The van der Waals surface area contributed by atoms with Gasteiger partial charge in [-0.15, -0.1) is 0 Å². The molecule has 3 aromatic rings. The second kappa shape index (κ2) is 10.3. The van der Waals surface area contributed by atoms with Crippen molar-refractivity contribution in [1.29, 1.82) is 0 Å². The number of carbonyl (C=O) groups excluding carboxylic acids is 1. The number of para-hydroxylation sites is 1. The molecule has 0 aliphatic carbocycles. The molecule has 29 heavy (non-hydrogen) atoms. The van der Waals surface area contributed by atoms with E-state index in [1.807, 2.05) is 68.6 Å². The van der Waals surface area contributed by atoms with Crippen LogP contribution in [0.15, 0.2) is 60.9 Å². The number of rotatable bonds is 10. The number of carbonyl (C=O) groups is 1. The van der Waals surface area contributed by atoms with Crippen molar-refractivity contribution in [3.63, 3.8) is 0 Å². The van der Waals surface area contributed by atoms with Gasteiger partial charge in [-0.3, -0.25) is 4.79 Å². The van der Waals surface area contributed by atoms with E-state index in [1.165, 1.54) is 0 Å². The van der Waals surface area contributed by atoms with Gasteiger partial charge in [0.05, 0.1) is 31.5 Å². The van der Waals surface area contributed by atoms with Crippen LogP contribution in [-0.4, -0.2) is 35.4 Å². The lowest BCUT2D eigenvalue weighted by Crippen LogP contribution is -2.27. The van der Waals surface area contributed by atoms with Gasteiger partial charge < -0.3 is 14.8 Å². The van der Waals surface area contributed by atoms with E-state index in [2.05, 4.69) is 10.4 Å². The van der Waals surface area contributed by atoms with E-state index < -0.39 is 0 Å². The molecule has 0 unspecified atom stereocenters. The van der Waals surface area contributed by atoms with Crippen molar-refractivity contribution in [3.8, 4) is 17.2 Å². The SMILES string of the molecule is CCOc1ccc(CCNC(=O)Cc2cnn(-c3ccccc3)c2)cc1OCC. The maximum absolute atomic E-state index is 12.3. The van der Waals surface area contributed by atoms with Crippen molar-refractivity contribution in [2.75, 3.05) is 19.8 Å². The molecule has 1 heterocycles. The Hall–Kier alpha value is -3.28. The molecule has 0 aliphatic rings. The quantitative estimate of drug-likeness (QED) is 0.572. The van der Waals surface area contributed by atoms with E-state index in [1.54, 1.807) is 10.9 Å². The predicted octanol–water partition coefficient (Wildman–Crippen LogP) is 3.57. The van der Waals surface area contributed by atoms with Gasteiger partial charge in [0, 0.05) is 12.7 Å². The molecule has 0 atom stereocenters. The number of aromatic nitrogens is 2. The second-order valence-corrected chi connectivity index (χ2v) is 6.55. The Morgan fingerprint density at radius 1 is 1.00 bits per heavy atom. The van der Waals surface area contributed by atoms with Gasteiger partial charge in [-0.2, -0.15) is 5.10 Å². The highest BCUT2D eigenvalue weighted by molar-refractivity contribution is 5.78.